The number of guanidine groups is 1. The molecule has 2 rings (SSSR count). The molecule has 0 unspecified atom stereocenters. The minimum Gasteiger partial charge on any atom is -0.381 e. The third-order valence-electron chi connectivity index (χ3n) is 5.44. The number of aryl methyl sites for hydroxylation is 1. The molecular formula is C21H36N4O. The van der Waals surface area contributed by atoms with Crippen molar-refractivity contribution >= 4 is 5.96 Å². The smallest absolute Gasteiger partial charge is 0.194 e. The van der Waals surface area contributed by atoms with Crippen LogP contribution in [0.1, 0.15) is 37.8 Å². The summed E-state index contributed by atoms with van der Waals surface area (Å²) in [7, 11) is 6.43. The van der Waals surface area contributed by atoms with Crippen molar-refractivity contribution in [3.63, 3.8) is 0 Å². The molecule has 0 aromatic heterocycles. The minimum atomic E-state index is 0.0997. The molecule has 1 aliphatic rings. The van der Waals surface area contributed by atoms with Crippen molar-refractivity contribution in [1.29, 1.82) is 0 Å². The van der Waals surface area contributed by atoms with E-state index in [-0.39, 0.29) is 5.54 Å². The van der Waals surface area contributed by atoms with Crippen LogP contribution >= 0.6 is 0 Å². The van der Waals surface area contributed by atoms with Crippen molar-refractivity contribution in [2.75, 3.05) is 47.4 Å². The van der Waals surface area contributed by atoms with Crippen LogP contribution in [-0.2, 0) is 17.7 Å². The van der Waals surface area contributed by atoms with Crippen LogP contribution in [0.4, 0.5) is 0 Å². The maximum absolute atomic E-state index is 5.57. The predicted molar refractivity (Wildman–Crippen MR) is 110 cm³/mol. The van der Waals surface area contributed by atoms with Gasteiger partial charge in [-0.3, -0.25) is 4.99 Å². The summed E-state index contributed by atoms with van der Waals surface area (Å²) in [5.74, 6) is 0.972. The standard InChI is InChI=1S/C21H36N4O/c1-6-18-8-10-19(11-9-18)16-25(5)20(22-7-2)23-17-21(24(3)4)12-14-26-15-13-21/h8-11H,6-7,12-17H2,1-5H3,(H,22,23). The van der Waals surface area contributed by atoms with Gasteiger partial charge in [0.05, 0.1) is 6.54 Å². The Morgan fingerprint density at radius 3 is 2.23 bits per heavy atom. The first-order chi connectivity index (χ1) is 12.5. The summed E-state index contributed by atoms with van der Waals surface area (Å²) in [5.41, 5.74) is 2.79. The molecule has 0 amide bonds. The van der Waals surface area contributed by atoms with Crippen LogP contribution in [0.5, 0.6) is 0 Å². The average molecular weight is 361 g/mol. The SMILES string of the molecule is CCNC(=NCC1(N(C)C)CCOCC1)N(C)Cc1ccc(CC)cc1. The fourth-order valence-electron chi connectivity index (χ4n) is 3.42. The van der Waals surface area contributed by atoms with Crippen molar-refractivity contribution in [3.8, 4) is 0 Å². The van der Waals surface area contributed by atoms with Crippen molar-refractivity contribution < 1.29 is 4.74 Å². The van der Waals surface area contributed by atoms with Gasteiger partial charge in [-0.15, -0.1) is 0 Å². The Hall–Kier alpha value is -1.59. The number of aliphatic imine (C=N–C) groups is 1. The highest BCUT2D eigenvalue weighted by Gasteiger charge is 2.34. The highest BCUT2D eigenvalue weighted by Crippen LogP contribution is 2.26. The first-order valence-electron chi connectivity index (χ1n) is 9.83. The fourth-order valence-corrected chi connectivity index (χ4v) is 3.42. The Morgan fingerprint density at radius 2 is 1.69 bits per heavy atom. The highest BCUT2D eigenvalue weighted by molar-refractivity contribution is 5.79. The van der Waals surface area contributed by atoms with Gasteiger partial charge in [0, 0.05) is 38.9 Å². The van der Waals surface area contributed by atoms with Crippen LogP contribution in [0.3, 0.4) is 0 Å². The molecular weight excluding hydrogens is 324 g/mol. The zero-order chi connectivity index (χ0) is 19.0. The Bertz CT molecular complexity index is 562. The molecule has 0 radical (unpaired) electrons. The summed E-state index contributed by atoms with van der Waals surface area (Å²) < 4.78 is 5.57. The van der Waals surface area contributed by atoms with E-state index < -0.39 is 0 Å². The van der Waals surface area contributed by atoms with Gasteiger partial charge in [0.15, 0.2) is 5.96 Å². The number of hydrogen-bond acceptors (Lipinski definition) is 3. The molecule has 1 aromatic rings. The topological polar surface area (TPSA) is 40.1 Å². The number of likely N-dealkylation sites (N-methyl/N-ethyl adjacent to an activating group) is 1. The Morgan fingerprint density at radius 1 is 1.08 bits per heavy atom. The van der Waals surface area contributed by atoms with Gasteiger partial charge < -0.3 is 19.9 Å². The van der Waals surface area contributed by atoms with E-state index >= 15 is 0 Å². The number of nitrogens with one attached hydrogen (secondary N) is 1. The number of benzene rings is 1. The lowest BCUT2D eigenvalue weighted by molar-refractivity contribution is -0.00262. The monoisotopic (exact) mass is 360 g/mol. The second kappa shape index (κ2) is 9.93. The van der Waals surface area contributed by atoms with E-state index in [1.165, 1.54) is 11.1 Å². The minimum absolute atomic E-state index is 0.0997. The van der Waals surface area contributed by atoms with Crippen molar-refractivity contribution in [2.24, 2.45) is 4.99 Å². The lowest BCUT2D eigenvalue weighted by Crippen LogP contribution is -2.51. The summed E-state index contributed by atoms with van der Waals surface area (Å²) in [6, 6.07) is 8.88. The molecule has 0 bridgehead atoms. The third-order valence-corrected chi connectivity index (χ3v) is 5.44. The largest absolute Gasteiger partial charge is 0.381 e. The predicted octanol–water partition coefficient (Wildman–Crippen LogP) is 2.76. The van der Waals surface area contributed by atoms with Crippen molar-refractivity contribution in [3.05, 3.63) is 35.4 Å². The van der Waals surface area contributed by atoms with Gasteiger partial charge in [-0.1, -0.05) is 31.2 Å². The molecule has 0 saturated carbocycles. The number of nitrogens with zero attached hydrogens (tertiary/aromatic N) is 3. The molecule has 1 saturated heterocycles. The van der Waals surface area contributed by atoms with Crippen LogP contribution in [0.25, 0.3) is 0 Å². The van der Waals surface area contributed by atoms with Gasteiger partial charge >= 0.3 is 0 Å². The van der Waals surface area contributed by atoms with Gasteiger partial charge in [-0.25, -0.2) is 0 Å². The van der Waals surface area contributed by atoms with Crippen LogP contribution < -0.4 is 5.32 Å². The van der Waals surface area contributed by atoms with Gasteiger partial charge in [0.2, 0.25) is 0 Å². The van der Waals surface area contributed by atoms with E-state index in [4.69, 9.17) is 9.73 Å². The zero-order valence-corrected chi connectivity index (χ0v) is 17.2. The lowest BCUT2D eigenvalue weighted by Gasteiger charge is -2.42. The second-order valence-corrected chi connectivity index (χ2v) is 7.43. The second-order valence-electron chi connectivity index (χ2n) is 7.43. The van der Waals surface area contributed by atoms with Gasteiger partial charge in [-0.05, 0) is 51.4 Å². The Kier molecular flexibility index (Phi) is 7.91. The highest BCUT2D eigenvalue weighted by atomic mass is 16.5. The lowest BCUT2D eigenvalue weighted by atomic mass is 9.89. The maximum atomic E-state index is 5.57. The van der Waals surface area contributed by atoms with Crippen molar-refractivity contribution in [1.82, 2.24) is 15.1 Å². The molecule has 5 heteroatoms. The summed E-state index contributed by atoms with van der Waals surface area (Å²) in [6.45, 7) is 8.48. The van der Waals surface area contributed by atoms with E-state index in [0.29, 0.717) is 0 Å². The number of ether oxygens (including phenoxy) is 1. The maximum Gasteiger partial charge on any atom is 0.194 e. The first-order valence-corrected chi connectivity index (χ1v) is 9.83. The summed E-state index contributed by atoms with van der Waals surface area (Å²) in [4.78, 5) is 9.54. The van der Waals surface area contributed by atoms with Crippen LogP contribution in [0.15, 0.2) is 29.3 Å². The molecule has 1 heterocycles. The normalized spacial score (nSPS) is 17.4. The molecule has 1 N–H and O–H groups in total. The van der Waals surface area contributed by atoms with Gasteiger partial charge in [0.25, 0.3) is 0 Å². The van der Waals surface area contributed by atoms with E-state index in [1.807, 2.05) is 0 Å². The van der Waals surface area contributed by atoms with E-state index in [9.17, 15) is 0 Å². The van der Waals surface area contributed by atoms with Crippen LogP contribution in [0.2, 0.25) is 0 Å². The molecule has 146 valence electrons. The number of rotatable bonds is 7. The molecule has 1 fully saturated rings. The molecule has 5 nitrogen and oxygen atoms in total. The first kappa shape index (κ1) is 20.7. The van der Waals surface area contributed by atoms with E-state index in [0.717, 1.165) is 58.1 Å². The summed E-state index contributed by atoms with van der Waals surface area (Å²) in [5, 5.41) is 3.45. The molecule has 1 aromatic carbocycles. The molecule has 26 heavy (non-hydrogen) atoms. The summed E-state index contributed by atoms with van der Waals surface area (Å²) >= 11 is 0. The number of hydrogen-bond donors (Lipinski definition) is 1. The fraction of sp³-hybridized carbons (Fsp3) is 0.667. The Balaban J connectivity index is 2.08. The van der Waals surface area contributed by atoms with Crippen LogP contribution in [-0.4, -0.2) is 68.7 Å². The molecule has 1 aliphatic heterocycles. The third kappa shape index (κ3) is 5.45. The molecule has 0 aliphatic carbocycles. The van der Waals surface area contributed by atoms with Gasteiger partial charge in [0.1, 0.15) is 0 Å². The molecule has 0 spiro atoms. The summed E-state index contributed by atoms with van der Waals surface area (Å²) in [6.07, 6.45) is 3.15. The average Bonchev–Trinajstić information content (AvgIpc) is 2.66. The zero-order valence-electron chi connectivity index (χ0n) is 17.2. The van der Waals surface area contributed by atoms with Crippen molar-refractivity contribution in [2.45, 2.75) is 45.2 Å². The van der Waals surface area contributed by atoms with Gasteiger partial charge in [-0.2, -0.15) is 0 Å². The molecule has 0 atom stereocenters. The van der Waals surface area contributed by atoms with E-state index in [2.05, 4.69) is 74.4 Å². The van der Waals surface area contributed by atoms with E-state index in [1.54, 1.807) is 0 Å². The van der Waals surface area contributed by atoms with Crippen LogP contribution in [0, 0.1) is 0 Å². The Labute approximate surface area is 159 Å². The quantitative estimate of drug-likeness (QED) is 0.600.